The van der Waals surface area contributed by atoms with Gasteiger partial charge in [-0.3, -0.25) is 10.1 Å². The van der Waals surface area contributed by atoms with Crippen LogP contribution >= 0.6 is 0 Å². The molecule has 1 aromatic rings. The van der Waals surface area contributed by atoms with Gasteiger partial charge in [-0.25, -0.2) is 4.79 Å². The average molecular weight is 252 g/mol. The normalized spacial score (nSPS) is 11.9. The van der Waals surface area contributed by atoms with Crippen molar-refractivity contribution in [1.82, 2.24) is 0 Å². The van der Waals surface area contributed by atoms with Crippen LogP contribution in [0.1, 0.15) is 25.3 Å². The molecule has 0 aliphatic carbocycles. The van der Waals surface area contributed by atoms with Gasteiger partial charge in [0.1, 0.15) is 6.04 Å². The summed E-state index contributed by atoms with van der Waals surface area (Å²) in [4.78, 5) is 21.1. The Bertz CT molecular complexity index is 459. The molecule has 0 heterocycles. The number of carboxylic acids is 1. The fraction of sp³-hybridized carbons (Fsp3) is 0.417. The summed E-state index contributed by atoms with van der Waals surface area (Å²) in [5.74, 6) is -0.922. The lowest BCUT2D eigenvalue weighted by Crippen LogP contribution is -2.29. The fourth-order valence-electron chi connectivity index (χ4n) is 1.66. The molecule has 0 fully saturated rings. The lowest BCUT2D eigenvalue weighted by molar-refractivity contribution is -0.384. The van der Waals surface area contributed by atoms with E-state index in [4.69, 9.17) is 5.11 Å². The van der Waals surface area contributed by atoms with Crippen molar-refractivity contribution in [2.45, 2.75) is 32.7 Å². The molecular weight excluding hydrogens is 236 g/mol. The molecule has 1 unspecified atom stereocenters. The van der Waals surface area contributed by atoms with Crippen LogP contribution in [0.15, 0.2) is 18.2 Å². The molecule has 6 heteroatoms. The van der Waals surface area contributed by atoms with Gasteiger partial charge in [-0.05, 0) is 25.0 Å². The number of hydrogen-bond donors (Lipinski definition) is 2. The van der Waals surface area contributed by atoms with E-state index in [1.54, 1.807) is 13.0 Å². The number of hydrogen-bond acceptors (Lipinski definition) is 4. The minimum absolute atomic E-state index is 0.000386. The molecule has 0 bridgehead atoms. The quantitative estimate of drug-likeness (QED) is 0.599. The molecule has 0 aliphatic rings. The Morgan fingerprint density at radius 2 is 2.22 bits per heavy atom. The van der Waals surface area contributed by atoms with Gasteiger partial charge >= 0.3 is 5.97 Å². The number of nitro groups is 1. The van der Waals surface area contributed by atoms with Gasteiger partial charge in [-0.15, -0.1) is 0 Å². The van der Waals surface area contributed by atoms with Crippen LogP contribution in [0, 0.1) is 17.0 Å². The zero-order chi connectivity index (χ0) is 13.7. The first-order valence-corrected chi connectivity index (χ1v) is 5.70. The molecule has 0 saturated carbocycles. The van der Waals surface area contributed by atoms with Gasteiger partial charge in [0.15, 0.2) is 0 Å². The number of benzene rings is 1. The Balaban J connectivity index is 2.90. The summed E-state index contributed by atoms with van der Waals surface area (Å²) in [6.07, 6.45) is 1.25. The zero-order valence-corrected chi connectivity index (χ0v) is 10.3. The molecule has 0 saturated heterocycles. The standard InChI is InChI=1S/C12H16N2O4/c1-3-4-11(12(15)16)13-10-6-5-9(14(17)18)7-8(10)2/h5-7,11,13H,3-4H2,1-2H3,(H,15,16). The molecule has 0 radical (unpaired) electrons. The summed E-state index contributed by atoms with van der Waals surface area (Å²) in [6.45, 7) is 3.61. The number of carboxylic acid groups (broad SMARTS) is 1. The SMILES string of the molecule is CCCC(Nc1ccc([N+](=O)[O-])cc1C)C(=O)O. The maximum Gasteiger partial charge on any atom is 0.326 e. The monoisotopic (exact) mass is 252 g/mol. The third-order valence-electron chi connectivity index (χ3n) is 2.63. The van der Waals surface area contributed by atoms with Crippen molar-refractivity contribution >= 4 is 17.3 Å². The van der Waals surface area contributed by atoms with Crippen LogP contribution in [0.25, 0.3) is 0 Å². The van der Waals surface area contributed by atoms with Gasteiger partial charge in [-0.2, -0.15) is 0 Å². The highest BCUT2D eigenvalue weighted by molar-refractivity contribution is 5.77. The topological polar surface area (TPSA) is 92.5 Å². The molecule has 0 spiro atoms. The van der Waals surface area contributed by atoms with Crippen LogP contribution in [0.4, 0.5) is 11.4 Å². The third kappa shape index (κ3) is 3.44. The number of nitrogens with one attached hydrogen (secondary N) is 1. The van der Waals surface area contributed by atoms with Crippen molar-refractivity contribution in [3.63, 3.8) is 0 Å². The van der Waals surface area contributed by atoms with Crippen molar-refractivity contribution in [3.8, 4) is 0 Å². The second-order valence-corrected chi connectivity index (χ2v) is 4.08. The summed E-state index contributed by atoms with van der Waals surface area (Å²) in [6, 6.07) is 3.65. The first-order valence-electron chi connectivity index (χ1n) is 5.70. The number of non-ortho nitro benzene ring substituents is 1. The largest absolute Gasteiger partial charge is 0.480 e. The summed E-state index contributed by atoms with van der Waals surface area (Å²) in [7, 11) is 0. The van der Waals surface area contributed by atoms with E-state index in [2.05, 4.69) is 5.32 Å². The molecule has 1 aromatic carbocycles. The molecule has 6 nitrogen and oxygen atoms in total. The van der Waals surface area contributed by atoms with Crippen molar-refractivity contribution in [3.05, 3.63) is 33.9 Å². The summed E-state index contributed by atoms with van der Waals surface area (Å²) >= 11 is 0. The summed E-state index contributed by atoms with van der Waals surface area (Å²) in [5.41, 5.74) is 1.27. The number of carbonyl (C=O) groups is 1. The van der Waals surface area contributed by atoms with Gasteiger partial charge in [0, 0.05) is 17.8 Å². The Kier molecular flexibility index (Phi) is 4.65. The summed E-state index contributed by atoms with van der Waals surface area (Å²) < 4.78 is 0. The van der Waals surface area contributed by atoms with Crippen LogP contribution in [0.3, 0.4) is 0 Å². The third-order valence-corrected chi connectivity index (χ3v) is 2.63. The molecule has 1 atom stereocenters. The van der Waals surface area contributed by atoms with E-state index < -0.39 is 16.9 Å². The highest BCUT2D eigenvalue weighted by atomic mass is 16.6. The lowest BCUT2D eigenvalue weighted by Gasteiger charge is -2.16. The van der Waals surface area contributed by atoms with Crippen LogP contribution < -0.4 is 5.32 Å². The number of nitro benzene ring substituents is 1. The van der Waals surface area contributed by atoms with Gasteiger partial charge in [0.05, 0.1) is 4.92 Å². The van der Waals surface area contributed by atoms with Crippen molar-refractivity contribution in [2.24, 2.45) is 0 Å². The highest BCUT2D eigenvalue weighted by Crippen LogP contribution is 2.22. The fourth-order valence-corrected chi connectivity index (χ4v) is 1.66. The predicted octanol–water partition coefficient (Wildman–Crippen LogP) is 2.57. The van der Waals surface area contributed by atoms with E-state index in [1.807, 2.05) is 6.92 Å². The first kappa shape index (κ1) is 14.0. The second kappa shape index (κ2) is 6.00. The number of nitrogens with zero attached hydrogens (tertiary/aromatic N) is 1. The molecule has 18 heavy (non-hydrogen) atoms. The minimum atomic E-state index is -0.922. The van der Waals surface area contributed by atoms with E-state index in [1.165, 1.54) is 12.1 Å². The van der Waals surface area contributed by atoms with Crippen molar-refractivity contribution in [2.75, 3.05) is 5.32 Å². The molecule has 1 rings (SSSR count). The number of rotatable bonds is 6. The Hall–Kier alpha value is -2.11. The number of anilines is 1. The van der Waals surface area contributed by atoms with Crippen molar-refractivity contribution in [1.29, 1.82) is 0 Å². The zero-order valence-electron chi connectivity index (χ0n) is 10.3. The summed E-state index contributed by atoms with van der Waals surface area (Å²) in [5, 5.41) is 22.5. The molecule has 0 aromatic heterocycles. The number of aryl methyl sites for hydroxylation is 1. The maximum atomic E-state index is 11.0. The van der Waals surface area contributed by atoms with Crippen LogP contribution in [-0.4, -0.2) is 22.0 Å². The van der Waals surface area contributed by atoms with Gasteiger partial charge in [0.2, 0.25) is 0 Å². The first-order chi connectivity index (χ1) is 8.45. The Labute approximate surface area is 105 Å². The van der Waals surface area contributed by atoms with E-state index in [-0.39, 0.29) is 5.69 Å². The predicted molar refractivity (Wildman–Crippen MR) is 67.8 cm³/mol. The molecular formula is C12H16N2O4. The van der Waals surface area contributed by atoms with Gasteiger partial charge in [0.25, 0.3) is 5.69 Å². The van der Waals surface area contributed by atoms with Crippen LogP contribution in [-0.2, 0) is 4.79 Å². The van der Waals surface area contributed by atoms with E-state index in [9.17, 15) is 14.9 Å². The van der Waals surface area contributed by atoms with Gasteiger partial charge < -0.3 is 10.4 Å². The maximum absolute atomic E-state index is 11.0. The Morgan fingerprint density at radius 3 is 2.67 bits per heavy atom. The van der Waals surface area contributed by atoms with E-state index >= 15 is 0 Å². The lowest BCUT2D eigenvalue weighted by atomic mass is 10.1. The molecule has 0 amide bonds. The minimum Gasteiger partial charge on any atom is -0.480 e. The molecule has 2 N–H and O–H groups in total. The highest BCUT2D eigenvalue weighted by Gasteiger charge is 2.17. The molecule has 0 aliphatic heterocycles. The van der Waals surface area contributed by atoms with Crippen LogP contribution in [0.5, 0.6) is 0 Å². The second-order valence-electron chi connectivity index (χ2n) is 4.08. The smallest absolute Gasteiger partial charge is 0.326 e. The molecule has 98 valence electrons. The van der Waals surface area contributed by atoms with E-state index in [0.717, 1.165) is 6.42 Å². The average Bonchev–Trinajstić information content (AvgIpc) is 2.30. The van der Waals surface area contributed by atoms with Crippen molar-refractivity contribution < 1.29 is 14.8 Å². The Morgan fingerprint density at radius 1 is 1.56 bits per heavy atom. The van der Waals surface area contributed by atoms with Gasteiger partial charge in [-0.1, -0.05) is 13.3 Å². The number of aliphatic carboxylic acids is 1. The van der Waals surface area contributed by atoms with Crippen LogP contribution in [0.2, 0.25) is 0 Å². The van der Waals surface area contributed by atoms with E-state index in [0.29, 0.717) is 17.7 Å².